The van der Waals surface area contributed by atoms with E-state index in [4.69, 9.17) is 9.47 Å². The molecule has 19 heavy (non-hydrogen) atoms. The van der Waals surface area contributed by atoms with Crippen molar-refractivity contribution in [3.63, 3.8) is 0 Å². The van der Waals surface area contributed by atoms with Crippen LogP contribution >= 0.6 is 11.8 Å². The lowest BCUT2D eigenvalue weighted by atomic mass is 9.92. The number of thioether (sulfide) groups is 1. The molecule has 0 radical (unpaired) electrons. The van der Waals surface area contributed by atoms with Crippen LogP contribution < -0.4 is 4.74 Å². The van der Waals surface area contributed by atoms with E-state index in [0.29, 0.717) is 12.5 Å². The Bertz CT molecular complexity index is 427. The first-order valence-electron chi connectivity index (χ1n) is 6.55. The van der Waals surface area contributed by atoms with Crippen molar-refractivity contribution in [2.75, 3.05) is 25.2 Å². The molecular weight excluding hydrogens is 260 g/mol. The molecule has 0 amide bonds. The molecule has 1 aliphatic rings. The first-order chi connectivity index (χ1) is 9.20. The van der Waals surface area contributed by atoms with Gasteiger partial charge in [-0.05, 0) is 48.5 Å². The van der Waals surface area contributed by atoms with E-state index in [1.165, 1.54) is 7.11 Å². The average molecular weight is 280 g/mol. The minimum Gasteiger partial charge on any atom is -0.493 e. The summed E-state index contributed by atoms with van der Waals surface area (Å²) in [7, 11) is 1.45. The fourth-order valence-corrected chi connectivity index (χ4v) is 3.65. The highest BCUT2D eigenvalue weighted by molar-refractivity contribution is 7.99. The molecule has 0 saturated carbocycles. The maximum Gasteiger partial charge on any atom is 0.312 e. The van der Waals surface area contributed by atoms with Crippen molar-refractivity contribution in [1.29, 1.82) is 0 Å². The number of hydrogen-bond acceptors (Lipinski definition) is 4. The summed E-state index contributed by atoms with van der Waals surface area (Å²) in [5, 5.41) is 0. The van der Waals surface area contributed by atoms with Crippen LogP contribution in [-0.2, 0) is 9.53 Å². The zero-order chi connectivity index (χ0) is 13.7. The number of hydrogen-bond donors (Lipinski definition) is 0. The van der Waals surface area contributed by atoms with Gasteiger partial charge in [0, 0.05) is 0 Å². The summed E-state index contributed by atoms with van der Waals surface area (Å²) in [6.45, 7) is 2.43. The SMILES string of the molecule is COC(=O)C(COc1cccc(C)c1)C1CCSC1. The van der Waals surface area contributed by atoms with Gasteiger partial charge < -0.3 is 9.47 Å². The second-order valence-corrected chi connectivity index (χ2v) is 6.03. The maximum atomic E-state index is 11.9. The molecular formula is C15H20O3S. The van der Waals surface area contributed by atoms with Gasteiger partial charge in [-0.3, -0.25) is 4.79 Å². The monoisotopic (exact) mass is 280 g/mol. The highest BCUT2D eigenvalue weighted by Gasteiger charge is 2.32. The molecule has 2 rings (SSSR count). The van der Waals surface area contributed by atoms with Gasteiger partial charge in [-0.1, -0.05) is 12.1 Å². The van der Waals surface area contributed by atoms with Gasteiger partial charge in [-0.15, -0.1) is 0 Å². The molecule has 0 spiro atoms. The van der Waals surface area contributed by atoms with Crippen molar-refractivity contribution < 1.29 is 14.3 Å². The predicted molar refractivity (Wildman–Crippen MR) is 77.6 cm³/mol. The number of carbonyl (C=O) groups excluding carboxylic acids is 1. The predicted octanol–water partition coefficient (Wildman–Crippen LogP) is 2.92. The first-order valence-corrected chi connectivity index (χ1v) is 7.71. The lowest BCUT2D eigenvalue weighted by molar-refractivity contribution is -0.148. The van der Waals surface area contributed by atoms with Crippen LogP contribution in [0.25, 0.3) is 0 Å². The van der Waals surface area contributed by atoms with Crippen LogP contribution in [-0.4, -0.2) is 31.2 Å². The quantitative estimate of drug-likeness (QED) is 0.777. The fraction of sp³-hybridized carbons (Fsp3) is 0.533. The minimum atomic E-state index is -0.153. The second kappa shape index (κ2) is 6.85. The zero-order valence-corrected chi connectivity index (χ0v) is 12.2. The normalized spacial score (nSPS) is 20.0. The Kier molecular flexibility index (Phi) is 5.14. The Morgan fingerprint density at radius 1 is 1.53 bits per heavy atom. The van der Waals surface area contributed by atoms with Gasteiger partial charge in [0.05, 0.1) is 13.0 Å². The van der Waals surface area contributed by atoms with E-state index in [1.54, 1.807) is 0 Å². The van der Waals surface area contributed by atoms with Gasteiger partial charge in [0.1, 0.15) is 12.4 Å². The fourth-order valence-electron chi connectivity index (χ4n) is 2.31. The van der Waals surface area contributed by atoms with Crippen LogP contribution in [0.1, 0.15) is 12.0 Å². The van der Waals surface area contributed by atoms with Gasteiger partial charge in [-0.2, -0.15) is 11.8 Å². The first kappa shape index (κ1) is 14.3. The van der Waals surface area contributed by atoms with Crippen molar-refractivity contribution >= 4 is 17.7 Å². The molecule has 3 nitrogen and oxygen atoms in total. The maximum absolute atomic E-state index is 11.9. The molecule has 0 aromatic heterocycles. The summed E-state index contributed by atoms with van der Waals surface area (Å²) in [4.78, 5) is 11.9. The molecule has 0 N–H and O–H groups in total. The number of benzene rings is 1. The van der Waals surface area contributed by atoms with E-state index in [9.17, 15) is 4.79 Å². The van der Waals surface area contributed by atoms with E-state index in [-0.39, 0.29) is 11.9 Å². The molecule has 1 aromatic rings. The Morgan fingerprint density at radius 3 is 3.00 bits per heavy atom. The van der Waals surface area contributed by atoms with E-state index < -0.39 is 0 Å². The lowest BCUT2D eigenvalue weighted by Gasteiger charge is -2.20. The Morgan fingerprint density at radius 2 is 2.37 bits per heavy atom. The summed E-state index contributed by atoms with van der Waals surface area (Å²) in [5.74, 6) is 3.04. The van der Waals surface area contributed by atoms with Crippen LogP contribution in [0.4, 0.5) is 0 Å². The number of ether oxygens (including phenoxy) is 2. The van der Waals surface area contributed by atoms with Crippen molar-refractivity contribution in [2.24, 2.45) is 11.8 Å². The average Bonchev–Trinajstić information content (AvgIpc) is 2.92. The molecule has 4 heteroatoms. The highest BCUT2D eigenvalue weighted by atomic mass is 32.2. The van der Waals surface area contributed by atoms with Crippen molar-refractivity contribution in [1.82, 2.24) is 0 Å². The third-order valence-corrected chi connectivity index (χ3v) is 4.65. The molecule has 1 aromatic carbocycles. The van der Waals surface area contributed by atoms with E-state index in [0.717, 1.165) is 29.2 Å². The molecule has 1 aliphatic heterocycles. The number of esters is 1. The minimum absolute atomic E-state index is 0.152. The van der Waals surface area contributed by atoms with Crippen LogP contribution in [0, 0.1) is 18.8 Å². The Labute approximate surface area is 118 Å². The Hall–Kier alpha value is -1.16. The molecule has 1 heterocycles. The van der Waals surface area contributed by atoms with Gasteiger partial charge in [-0.25, -0.2) is 0 Å². The van der Waals surface area contributed by atoms with Crippen LogP contribution in [0.2, 0.25) is 0 Å². The van der Waals surface area contributed by atoms with E-state index in [2.05, 4.69) is 0 Å². The number of carbonyl (C=O) groups is 1. The third-order valence-electron chi connectivity index (χ3n) is 3.46. The van der Waals surface area contributed by atoms with Gasteiger partial charge in [0.25, 0.3) is 0 Å². The van der Waals surface area contributed by atoms with Crippen LogP contribution in [0.5, 0.6) is 5.75 Å². The summed E-state index contributed by atoms with van der Waals surface area (Å²) in [6.07, 6.45) is 1.07. The number of aryl methyl sites for hydroxylation is 1. The topological polar surface area (TPSA) is 35.5 Å². The largest absolute Gasteiger partial charge is 0.493 e. The summed E-state index contributed by atoms with van der Waals surface area (Å²) >= 11 is 1.90. The van der Waals surface area contributed by atoms with Crippen molar-refractivity contribution in [3.8, 4) is 5.75 Å². The van der Waals surface area contributed by atoms with Crippen LogP contribution in [0.15, 0.2) is 24.3 Å². The van der Waals surface area contributed by atoms with Crippen LogP contribution in [0.3, 0.4) is 0 Å². The molecule has 104 valence electrons. The van der Waals surface area contributed by atoms with Gasteiger partial charge in [0.15, 0.2) is 0 Å². The number of methoxy groups -OCH3 is 1. The number of rotatable bonds is 5. The Balaban J connectivity index is 1.97. The molecule has 1 saturated heterocycles. The van der Waals surface area contributed by atoms with E-state index >= 15 is 0 Å². The second-order valence-electron chi connectivity index (χ2n) is 4.88. The molecule has 2 atom stereocenters. The standard InChI is InChI=1S/C15H20O3S/c1-11-4-3-5-13(8-11)18-9-14(15(16)17-2)12-6-7-19-10-12/h3-5,8,12,14H,6-7,9-10H2,1-2H3. The van der Waals surface area contributed by atoms with Gasteiger partial charge >= 0.3 is 5.97 Å². The molecule has 1 fully saturated rings. The third kappa shape index (κ3) is 3.90. The van der Waals surface area contributed by atoms with E-state index in [1.807, 2.05) is 43.0 Å². The molecule has 0 aliphatic carbocycles. The zero-order valence-electron chi connectivity index (χ0n) is 11.4. The summed E-state index contributed by atoms with van der Waals surface area (Å²) in [6, 6.07) is 7.89. The molecule has 0 bridgehead atoms. The molecule has 2 unspecified atom stereocenters. The summed E-state index contributed by atoms with van der Waals surface area (Å²) < 4.78 is 10.7. The lowest BCUT2D eigenvalue weighted by Crippen LogP contribution is -2.30. The highest BCUT2D eigenvalue weighted by Crippen LogP contribution is 2.31. The smallest absolute Gasteiger partial charge is 0.312 e. The van der Waals surface area contributed by atoms with Crippen molar-refractivity contribution in [2.45, 2.75) is 13.3 Å². The van der Waals surface area contributed by atoms with Gasteiger partial charge in [0.2, 0.25) is 0 Å². The summed E-state index contributed by atoms with van der Waals surface area (Å²) in [5.41, 5.74) is 1.16. The van der Waals surface area contributed by atoms with Crippen molar-refractivity contribution in [3.05, 3.63) is 29.8 Å².